The number of aromatic nitrogens is 1. The lowest BCUT2D eigenvalue weighted by atomic mass is 10.1. The Bertz CT molecular complexity index is 538. The topological polar surface area (TPSA) is 39.2 Å². The SMILES string of the molecule is COc1ncc(C=O)cc1-c1ccc(F)cc1. The minimum atomic E-state index is -0.313. The highest BCUT2D eigenvalue weighted by Crippen LogP contribution is 2.28. The van der Waals surface area contributed by atoms with E-state index < -0.39 is 0 Å². The summed E-state index contributed by atoms with van der Waals surface area (Å²) in [4.78, 5) is 14.7. The van der Waals surface area contributed by atoms with E-state index in [-0.39, 0.29) is 5.82 Å². The summed E-state index contributed by atoms with van der Waals surface area (Å²) < 4.78 is 17.9. The highest BCUT2D eigenvalue weighted by molar-refractivity contribution is 5.80. The van der Waals surface area contributed by atoms with Crippen LogP contribution in [-0.4, -0.2) is 18.4 Å². The number of methoxy groups -OCH3 is 1. The maximum Gasteiger partial charge on any atom is 0.221 e. The third-order valence-electron chi connectivity index (χ3n) is 2.36. The molecule has 0 unspecified atom stereocenters. The molecule has 1 heterocycles. The van der Waals surface area contributed by atoms with E-state index in [1.54, 1.807) is 18.2 Å². The van der Waals surface area contributed by atoms with Gasteiger partial charge >= 0.3 is 0 Å². The van der Waals surface area contributed by atoms with Gasteiger partial charge in [-0.25, -0.2) is 9.37 Å². The average Bonchev–Trinajstić information content (AvgIpc) is 2.39. The number of hydrogen-bond donors (Lipinski definition) is 0. The lowest BCUT2D eigenvalue weighted by Crippen LogP contribution is -1.94. The fraction of sp³-hybridized carbons (Fsp3) is 0.0769. The van der Waals surface area contributed by atoms with Crippen molar-refractivity contribution in [3.8, 4) is 17.0 Å². The first kappa shape index (κ1) is 11.3. The normalized spacial score (nSPS) is 10.0. The summed E-state index contributed by atoms with van der Waals surface area (Å²) in [5.74, 6) is 0.0921. The van der Waals surface area contributed by atoms with Gasteiger partial charge in [-0.05, 0) is 23.8 Å². The molecule has 3 nitrogen and oxygen atoms in total. The summed E-state index contributed by atoms with van der Waals surface area (Å²) in [6.07, 6.45) is 2.14. The van der Waals surface area contributed by atoms with E-state index in [9.17, 15) is 9.18 Å². The minimum absolute atomic E-state index is 0.313. The predicted octanol–water partition coefficient (Wildman–Crippen LogP) is 2.71. The molecule has 4 heteroatoms. The summed E-state index contributed by atoms with van der Waals surface area (Å²) in [6.45, 7) is 0. The van der Waals surface area contributed by atoms with Gasteiger partial charge in [-0.2, -0.15) is 0 Å². The van der Waals surface area contributed by atoms with Crippen LogP contribution in [0, 0.1) is 5.82 Å². The van der Waals surface area contributed by atoms with Crippen LogP contribution in [0.2, 0.25) is 0 Å². The van der Waals surface area contributed by atoms with Crippen molar-refractivity contribution in [3.05, 3.63) is 47.9 Å². The maximum absolute atomic E-state index is 12.8. The molecule has 0 bridgehead atoms. The fourth-order valence-electron chi connectivity index (χ4n) is 1.53. The summed E-state index contributed by atoms with van der Waals surface area (Å²) in [7, 11) is 1.50. The summed E-state index contributed by atoms with van der Waals surface area (Å²) in [5, 5.41) is 0. The van der Waals surface area contributed by atoms with Crippen LogP contribution in [0.3, 0.4) is 0 Å². The molecule has 2 aromatic rings. The largest absolute Gasteiger partial charge is 0.481 e. The van der Waals surface area contributed by atoms with Gasteiger partial charge in [0.15, 0.2) is 6.29 Å². The maximum atomic E-state index is 12.8. The van der Waals surface area contributed by atoms with Crippen LogP contribution in [0.4, 0.5) is 4.39 Å². The van der Waals surface area contributed by atoms with E-state index in [0.29, 0.717) is 23.3 Å². The Morgan fingerprint density at radius 1 is 1.29 bits per heavy atom. The molecule has 0 amide bonds. The van der Waals surface area contributed by atoms with Gasteiger partial charge in [0.1, 0.15) is 5.82 Å². The van der Waals surface area contributed by atoms with Crippen molar-refractivity contribution in [2.24, 2.45) is 0 Å². The Hall–Kier alpha value is -2.23. The minimum Gasteiger partial charge on any atom is -0.481 e. The van der Waals surface area contributed by atoms with Crippen molar-refractivity contribution in [2.45, 2.75) is 0 Å². The second-order valence-electron chi connectivity index (χ2n) is 3.45. The van der Waals surface area contributed by atoms with Crippen LogP contribution < -0.4 is 4.74 Å². The number of ether oxygens (including phenoxy) is 1. The van der Waals surface area contributed by atoms with Gasteiger partial charge in [0.2, 0.25) is 5.88 Å². The first-order valence-electron chi connectivity index (χ1n) is 4.99. The summed E-state index contributed by atoms with van der Waals surface area (Å²) in [5.41, 5.74) is 1.86. The molecule has 1 aromatic heterocycles. The van der Waals surface area contributed by atoms with Crippen LogP contribution >= 0.6 is 0 Å². The molecule has 0 aliphatic carbocycles. The van der Waals surface area contributed by atoms with Crippen molar-refractivity contribution in [2.75, 3.05) is 7.11 Å². The molecule has 0 atom stereocenters. The molecule has 17 heavy (non-hydrogen) atoms. The van der Waals surface area contributed by atoms with E-state index in [2.05, 4.69) is 4.98 Å². The number of benzene rings is 1. The van der Waals surface area contributed by atoms with Crippen LogP contribution in [-0.2, 0) is 0 Å². The van der Waals surface area contributed by atoms with E-state index in [4.69, 9.17) is 4.74 Å². The number of rotatable bonds is 3. The molecule has 0 N–H and O–H groups in total. The smallest absolute Gasteiger partial charge is 0.221 e. The zero-order valence-electron chi connectivity index (χ0n) is 9.18. The van der Waals surface area contributed by atoms with E-state index in [0.717, 1.165) is 5.56 Å². The van der Waals surface area contributed by atoms with Gasteiger partial charge in [0.25, 0.3) is 0 Å². The standard InChI is InChI=1S/C13H10FNO2/c1-17-13-12(6-9(8-16)7-15-13)10-2-4-11(14)5-3-10/h2-8H,1H3. The highest BCUT2D eigenvalue weighted by atomic mass is 19.1. The molecular formula is C13H10FNO2. The lowest BCUT2D eigenvalue weighted by Gasteiger charge is -2.07. The first-order chi connectivity index (χ1) is 8.24. The Morgan fingerprint density at radius 3 is 2.59 bits per heavy atom. The molecule has 0 aliphatic rings. The Balaban J connectivity index is 2.55. The van der Waals surface area contributed by atoms with E-state index >= 15 is 0 Å². The van der Waals surface area contributed by atoms with Gasteiger partial charge in [-0.3, -0.25) is 4.79 Å². The Morgan fingerprint density at radius 2 is 2.00 bits per heavy atom. The molecule has 0 fully saturated rings. The quantitative estimate of drug-likeness (QED) is 0.762. The number of aldehydes is 1. The van der Waals surface area contributed by atoms with Gasteiger partial charge in [0, 0.05) is 17.3 Å². The van der Waals surface area contributed by atoms with Crippen LogP contribution in [0.1, 0.15) is 10.4 Å². The van der Waals surface area contributed by atoms with Gasteiger partial charge in [0.05, 0.1) is 7.11 Å². The molecular weight excluding hydrogens is 221 g/mol. The first-order valence-corrected chi connectivity index (χ1v) is 4.99. The third kappa shape index (κ3) is 2.30. The van der Waals surface area contributed by atoms with Crippen LogP contribution in [0.15, 0.2) is 36.5 Å². The van der Waals surface area contributed by atoms with Crippen molar-refractivity contribution in [1.29, 1.82) is 0 Å². The molecule has 86 valence electrons. The van der Waals surface area contributed by atoms with Crippen molar-refractivity contribution in [3.63, 3.8) is 0 Å². The number of pyridine rings is 1. The zero-order valence-corrected chi connectivity index (χ0v) is 9.18. The number of halogens is 1. The summed E-state index contributed by atoms with van der Waals surface area (Å²) >= 11 is 0. The second kappa shape index (κ2) is 4.74. The lowest BCUT2D eigenvalue weighted by molar-refractivity contribution is 0.112. The van der Waals surface area contributed by atoms with Crippen LogP contribution in [0.25, 0.3) is 11.1 Å². The van der Waals surface area contributed by atoms with Crippen molar-refractivity contribution < 1.29 is 13.9 Å². The monoisotopic (exact) mass is 231 g/mol. The van der Waals surface area contributed by atoms with E-state index in [1.165, 1.54) is 25.4 Å². The van der Waals surface area contributed by atoms with Gasteiger partial charge in [-0.1, -0.05) is 12.1 Å². The fourth-order valence-corrected chi connectivity index (χ4v) is 1.53. The number of carbonyl (C=O) groups excluding carboxylic acids is 1. The molecule has 0 aliphatic heterocycles. The number of hydrogen-bond acceptors (Lipinski definition) is 3. The van der Waals surface area contributed by atoms with Crippen molar-refractivity contribution in [1.82, 2.24) is 4.98 Å². The zero-order chi connectivity index (χ0) is 12.3. The van der Waals surface area contributed by atoms with Crippen molar-refractivity contribution >= 4 is 6.29 Å². The average molecular weight is 231 g/mol. The Kier molecular flexibility index (Phi) is 3.14. The number of carbonyl (C=O) groups is 1. The molecule has 2 rings (SSSR count). The molecule has 0 saturated carbocycles. The third-order valence-corrected chi connectivity index (χ3v) is 2.36. The van der Waals surface area contributed by atoms with Gasteiger partial charge < -0.3 is 4.74 Å². The van der Waals surface area contributed by atoms with E-state index in [1.807, 2.05) is 0 Å². The molecule has 0 radical (unpaired) electrons. The molecule has 1 aromatic carbocycles. The highest BCUT2D eigenvalue weighted by Gasteiger charge is 2.08. The molecule has 0 spiro atoms. The predicted molar refractivity (Wildman–Crippen MR) is 61.6 cm³/mol. The Labute approximate surface area is 97.9 Å². The number of nitrogens with zero attached hydrogens (tertiary/aromatic N) is 1. The van der Waals surface area contributed by atoms with Gasteiger partial charge in [-0.15, -0.1) is 0 Å². The van der Waals surface area contributed by atoms with Crippen LogP contribution in [0.5, 0.6) is 5.88 Å². The molecule has 0 saturated heterocycles. The summed E-state index contributed by atoms with van der Waals surface area (Å²) in [6, 6.07) is 7.59. The second-order valence-corrected chi connectivity index (χ2v) is 3.45.